The number of nitrogens with zero attached hydrogens (tertiary/aromatic N) is 1. The third-order valence-corrected chi connectivity index (χ3v) is 6.85. The van der Waals surface area contributed by atoms with Crippen LogP contribution in [0.25, 0.3) is 0 Å². The maximum absolute atomic E-state index is 14.4. The molecule has 0 saturated carbocycles. The predicted molar refractivity (Wildman–Crippen MR) is 152 cm³/mol. The molecule has 1 aliphatic heterocycles. The molecule has 0 radical (unpaired) electrons. The largest absolute Gasteiger partial charge is 0.494 e. The molecule has 0 fully saturated rings. The molecule has 40 heavy (non-hydrogen) atoms. The first-order valence-electron chi connectivity index (χ1n) is 13.3. The fourth-order valence-corrected chi connectivity index (χ4v) is 4.79. The van der Waals surface area contributed by atoms with E-state index in [0.717, 1.165) is 11.1 Å². The van der Waals surface area contributed by atoms with Gasteiger partial charge in [-0.2, -0.15) is 0 Å². The van der Waals surface area contributed by atoms with Gasteiger partial charge >= 0.3 is 0 Å². The molecular weight excluding hydrogens is 507 g/mol. The third-order valence-electron chi connectivity index (χ3n) is 6.85. The number of aliphatic hydroxyl groups excluding tert-OH is 1. The van der Waals surface area contributed by atoms with Gasteiger partial charge in [-0.25, -0.2) is 9.38 Å². The molecular formula is C33H31FN2O4. The van der Waals surface area contributed by atoms with Gasteiger partial charge in [0.15, 0.2) is 11.6 Å². The Kier molecular flexibility index (Phi) is 8.52. The second-order valence-corrected chi connectivity index (χ2v) is 9.64. The van der Waals surface area contributed by atoms with Crippen LogP contribution in [0.1, 0.15) is 34.8 Å². The number of rotatable bonds is 11. The van der Waals surface area contributed by atoms with E-state index in [9.17, 15) is 9.18 Å². The number of aliphatic imine (C=N–C) groups is 1. The van der Waals surface area contributed by atoms with Gasteiger partial charge in [0.1, 0.15) is 11.6 Å². The molecule has 0 saturated heterocycles. The highest BCUT2D eigenvalue weighted by Gasteiger charge is 2.53. The van der Waals surface area contributed by atoms with Crippen molar-refractivity contribution in [1.29, 1.82) is 0 Å². The zero-order valence-corrected chi connectivity index (χ0v) is 22.0. The summed E-state index contributed by atoms with van der Waals surface area (Å²) in [5, 5.41) is 11.9. The first-order valence-corrected chi connectivity index (χ1v) is 13.3. The van der Waals surface area contributed by atoms with Crippen molar-refractivity contribution in [3.05, 3.63) is 137 Å². The normalized spacial score (nSPS) is 18.1. The fraction of sp³-hybridized carbons (Fsp3) is 0.212. The summed E-state index contributed by atoms with van der Waals surface area (Å²) in [5.41, 5.74) is 1.47. The lowest BCUT2D eigenvalue weighted by Gasteiger charge is -2.31. The van der Waals surface area contributed by atoms with E-state index < -0.39 is 11.6 Å². The quantitative estimate of drug-likeness (QED) is 0.251. The molecule has 0 unspecified atom stereocenters. The summed E-state index contributed by atoms with van der Waals surface area (Å²) in [6, 6.07) is 32.9. The number of benzene rings is 4. The summed E-state index contributed by atoms with van der Waals surface area (Å²) >= 11 is 0. The molecule has 5 rings (SSSR count). The van der Waals surface area contributed by atoms with Crippen LogP contribution < -0.4 is 10.1 Å². The lowest BCUT2D eigenvalue weighted by atomic mass is 9.82. The summed E-state index contributed by atoms with van der Waals surface area (Å²) < 4.78 is 26.5. The number of amides is 1. The van der Waals surface area contributed by atoms with Crippen LogP contribution in [0.3, 0.4) is 0 Å². The van der Waals surface area contributed by atoms with Gasteiger partial charge in [0.25, 0.3) is 5.91 Å². The Hall–Kier alpha value is -4.49. The molecule has 0 bridgehead atoms. The minimum absolute atomic E-state index is 0.0221. The van der Waals surface area contributed by atoms with Crippen molar-refractivity contribution < 1.29 is 23.8 Å². The Bertz CT molecular complexity index is 1440. The molecule has 7 heteroatoms. The second kappa shape index (κ2) is 12.6. The molecule has 204 valence electrons. The summed E-state index contributed by atoms with van der Waals surface area (Å²) in [5.74, 6) is 0.265. The van der Waals surface area contributed by atoms with Crippen molar-refractivity contribution in [3.8, 4) is 5.75 Å². The van der Waals surface area contributed by atoms with Crippen LogP contribution in [0.4, 0.5) is 4.39 Å². The third kappa shape index (κ3) is 6.05. The highest BCUT2D eigenvalue weighted by Crippen LogP contribution is 2.42. The number of ether oxygens (including phenoxy) is 2. The lowest BCUT2D eigenvalue weighted by molar-refractivity contribution is -0.129. The van der Waals surface area contributed by atoms with Crippen LogP contribution in [0, 0.1) is 5.82 Å². The van der Waals surface area contributed by atoms with E-state index in [2.05, 4.69) is 5.32 Å². The van der Waals surface area contributed by atoms with Gasteiger partial charge in [0.05, 0.1) is 6.61 Å². The van der Waals surface area contributed by atoms with E-state index >= 15 is 0 Å². The fourth-order valence-electron chi connectivity index (χ4n) is 4.79. The Morgan fingerprint density at radius 1 is 0.925 bits per heavy atom. The van der Waals surface area contributed by atoms with Gasteiger partial charge in [-0.3, -0.25) is 4.79 Å². The van der Waals surface area contributed by atoms with Crippen LogP contribution in [-0.4, -0.2) is 35.7 Å². The molecule has 1 heterocycles. The summed E-state index contributed by atoms with van der Waals surface area (Å²) in [6.07, 6.45) is 0.105. The van der Waals surface area contributed by atoms with Gasteiger partial charge in [-0.15, -0.1) is 0 Å². The number of hydrogen-bond acceptors (Lipinski definition) is 5. The number of carbonyl (C=O) groups is 1. The van der Waals surface area contributed by atoms with Crippen molar-refractivity contribution in [3.63, 3.8) is 0 Å². The summed E-state index contributed by atoms with van der Waals surface area (Å²) in [4.78, 5) is 19.2. The summed E-state index contributed by atoms with van der Waals surface area (Å²) in [7, 11) is 0. The lowest BCUT2D eigenvalue weighted by Crippen LogP contribution is -2.49. The monoisotopic (exact) mass is 538 g/mol. The Labute approximate surface area is 233 Å². The summed E-state index contributed by atoms with van der Waals surface area (Å²) in [6.45, 7) is 0.492. The molecule has 0 aliphatic carbocycles. The van der Waals surface area contributed by atoms with Crippen LogP contribution in [0.5, 0.6) is 5.75 Å². The number of nitrogens with one attached hydrogen (secondary N) is 1. The van der Waals surface area contributed by atoms with Crippen molar-refractivity contribution in [2.24, 2.45) is 4.99 Å². The topological polar surface area (TPSA) is 80.2 Å². The Morgan fingerprint density at radius 3 is 2.30 bits per heavy atom. The van der Waals surface area contributed by atoms with E-state index in [4.69, 9.17) is 19.6 Å². The average molecular weight is 539 g/mol. The number of halogens is 1. The minimum atomic E-state index is -1.35. The van der Waals surface area contributed by atoms with Gasteiger partial charge in [0.2, 0.25) is 5.90 Å². The molecule has 2 atom stereocenters. The molecule has 1 aliphatic rings. The van der Waals surface area contributed by atoms with E-state index in [1.54, 1.807) is 18.2 Å². The van der Waals surface area contributed by atoms with Crippen LogP contribution >= 0.6 is 0 Å². The van der Waals surface area contributed by atoms with Crippen molar-refractivity contribution in [2.75, 3.05) is 13.2 Å². The zero-order valence-electron chi connectivity index (χ0n) is 22.0. The van der Waals surface area contributed by atoms with Crippen molar-refractivity contribution in [1.82, 2.24) is 5.32 Å². The smallest absolute Gasteiger partial charge is 0.252 e. The van der Waals surface area contributed by atoms with Gasteiger partial charge in [-0.05, 0) is 41.5 Å². The average Bonchev–Trinajstić information content (AvgIpc) is 3.38. The van der Waals surface area contributed by atoms with E-state index in [0.29, 0.717) is 35.8 Å². The van der Waals surface area contributed by atoms with Gasteiger partial charge in [-0.1, -0.05) is 78.9 Å². The second-order valence-electron chi connectivity index (χ2n) is 9.64. The standard InChI is InChI=1S/C33H31FN2O4/c34-29-15-8-7-14-27(29)23-35-32(38)33(22-24-10-3-1-4-11-24)30(25-12-5-2-6-13-25)40-31(36-33)26-16-18-28(19-17-26)39-21-9-20-37/h1-8,10-19,30,37H,9,20-23H2,(H,35,38)/t30-,33-/m1/s1. The first-order chi connectivity index (χ1) is 19.6. The van der Waals surface area contributed by atoms with Gasteiger partial charge in [0, 0.05) is 37.1 Å². The molecule has 2 N–H and O–H groups in total. The van der Waals surface area contributed by atoms with Crippen LogP contribution in [-0.2, 0) is 22.5 Å². The number of carbonyl (C=O) groups excluding carboxylic acids is 1. The molecule has 4 aromatic rings. The Morgan fingerprint density at radius 2 is 1.60 bits per heavy atom. The van der Waals surface area contributed by atoms with Crippen LogP contribution in [0.2, 0.25) is 0 Å². The molecule has 0 aromatic heterocycles. The molecule has 4 aromatic carbocycles. The number of aliphatic hydroxyl groups is 1. The van der Waals surface area contributed by atoms with E-state index in [1.807, 2.05) is 84.9 Å². The highest BCUT2D eigenvalue weighted by molar-refractivity contribution is 6.01. The predicted octanol–water partition coefficient (Wildman–Crippen LogP) is 5.40. The minimum Gasteiger partial charge on any atom is -0.494 e. The number of hydrogen-bond donors (Lipinski definition) is 2. The van der Waals surface area contributed by atoms with E-state index in [-0.39, 0.29) is 31.3 Å². The maximum Gasteiger partial charge on any atom is 0.252 e. The van der Waals surface area contributed by atoms with E-state index in [1.165, 1.54) is 6.07 Å². The maximum atomic E-state index is 14.4. The zero-order chi connectivity index (χ0) is 27.8. The highest BCUT2D eigenvalue weighted by atomic mass is 19.1. The van der Waals surface area contributed by atoms with Crippen molar-refractivity contribution >= 4 is 11.8 Å². The first kappa shape index (κ1) is 27.1. The van der Waals surface area contributed by atoms with Gasteiger partial charge < -0.3 is 19.9 Å². The molecule has 1 amide bonds. The molecule has 0 spiro atoms. The SMILES string of the molecule is O=C(NCc1ccccc1F)[C@]1(Cc2ccccc2)N=C(c2ccc(OCCCO)cc2)O[C@@H]1c1ccccc1. The molecule has 6 nitrogen and oxygen atoms in total. The Balaban J connectivity index is 1.53. The van der Waals surface area contributed by atoms with Crippen molar-refractivity contribution in [2.45, 2.75) is 31.0 Å². The van der Waals surface area contributed by atoms with Crippen LogP contribution in [0.15, 0.2) is 114 Å².